The van der Waals surface area contributed by atoms with E-state index in [1.807, 2.05) is 43.3 Å². The third-order valence-electron chi connectivity index (χ3n) is 2.51. The van der Waals surface area contributed by atoms with E-state index in [-0.39, 0.29) is 5.56 Å². The van der Waals surface area contributed by atoms with Gasteiger partial charge in [0.2, 0.25) is 5.95 Å². The van der Waals surface area contributed by atoms with Crippen molar-refractivity contribution < 1.29 is 0 Å². The highest BCUT2D eigenvalue weighted by Gasteiger charge is 2.01. The fraction of sp³-hybridized carbons (Fsp3) is 0.250. The first kappa shape index (κ1) is 12.1. The fourth-order valence-electron chi connectivity index (χ4n) is 1.43. The molecule has 0 saturated carbocycles. The monoisotopic (exact) mass is 245 g/mol. The summed E-state index contributed by atoms with van der Waals surface area (Å²) < 4.78 is 0. The number of hydrogen-bond donors (Lipinski definition) is 2. The van der Waals surface area contributed by atoms with Crippen LogP contribution in [0.1, 0.15) is 5.69 Å². The summed E-state index contributed by atoms with van der Waals surface area (Å²) in [4.78, 5) is 16.0. The van der Waals surface area contributed by atoms with Gasteiger partial charge in [-0.3, -0.25) is 9.78 Å². The van der Waals surface area contributed by atoms with E-state index in [1.54, 1.807) is 6.92 Å². The van der Waals surface area contributed by atoms with E-state index < -0.39 is 0 Å². The van der Waals surface area contributed by atoms with E-state index in [0.717, 1.165) is 11.4 Å². The molecule has 0 saturated heterocycles. The molecule has 94 valence electrons. The molecule has 6 heteroatoms. The molecule has 0 fully saturated rings. The highest BCUT2D eigenvalue weighted by Crippen LogP contribution is 2.17. The summed E-state index contributed by atoms with van der Waals surface area (Å²) in [5.41, 5.74) is 2.05. The maximum atomic E-state index is 11.4. The van der Waals surface area contributed by atoms with Crippen LogP contribution in [-0.2, 0) is 0 Å². The summed E-state index contributed by atoms with van der Waals surface area (Å²) in [5.74, 6) is 0.336. The van der Waals surface area contributed by atoms with Gasteiger partial charge < -0.3 is 10.2 Å². The molecule has 0 amide bonds. The largest absolute Gasteiger partial charge is 0.378 e. The Balaban J connectivity index is 2.18. The Bertz CT molecular complexity index is 588. The molecule has 1 aromatic carbocycles. The van der Waals surface area contributed by atoms with Crippen molar-refractivity contribution in [3.8, 4) is 0 Å². The molecular formula is C12H15N5O. The lowest BCUT2D eigenvalue weighted by Gasteiger charge is -2.12. The number of anilines is 3. The number of hydrogen-bond acceptors (Lipinski definition) is 5. The van der Waals surface area contributed by atoms with E-state index >= 15 is 0 Å². The van der Waals surface area contributed by atoms with Crippen molar-refractivity contribution in [2.24, 2.45) is 0 Å². The third kappa shape index (κ3) is 2.65. The number of aromatic amines is 1. The molecular weight excluding hydrogens is 230 g/mol. The Morgan fingerprint density at radius 2 is 1.83 bits per heavy atom. The number of benzene rings is 1. The molecule has 6 nitrogen and oxygen atoms in total. The number of nitrogens with zero attached hydrogens (tertiary/aromatic N) is 3. The van der Waals surface area contributed by atoms with Crippen LogP contribution >= 0.6 is 0 Å². The standard InChI is InChI=1S/C12H15N5O/c1-8-11(18)14-12(16-15-8)13-9-4-6-10(7-5-9)17(2)3/h4-7H,1-3H3,(H2,13,14,16,18). The highest BCUT2D eigenvalue weighted by molar-refractivity contribution is 5.58. The molecule has 0 aliphatic heterocycles. The first-order valence-electron chi connectivity index (χ1n) is 5.54. The lowest BCUT2D eigenvalue weighted by atomic mass is 10.2. The maximum absolute atomic E-state index is 11.4. The van der Waals surface area contributed by atoms with Gasteiger partial charge in [0.05, 0.1) is 0 Å². The van der Waals surface area contributed by atoms with E-state index in [1.165, 1.54) is 0 Å². The van der Waals surface area contributed by atoms with Crippen LogP contribution in [0.5, 0.6) is 0 Å². The second-order valence-electron chi connectivity index (χ2n) is 4.15. The molecule has 0 spiro atoms. The zero-order valence-electron chi connectivity index (χ0n) is 10.6. The summed E-state index contributed by atoms with van der Waals surface area (Å²) >= 11 is 0. The minimum absolute atomic E-state index is 0.239. The number of rotatable bonds is 3. The Morgan fingerprint density at radius 3 is 2.39 bits per heavy atom. The van der Waals surface area contributed by atoms with Gasteiger partial charge in [0.15, 0.2) is 0 Å². The van der Waals surface area contributed by atoms with Crippen LogP contribution in [-0.4, -0.2) is 29.3 Å². The van der Waals surface area contributed by atoms with Gasteiger partial charge >= 0.3 is 0 Å². The molecule has 1 heterocycles. The van der Waals surface area contributed by atoms with Gasteiger partial charge in [0.1, 0.15) is 5.69 Å². The molecule has 0 aliphatic carbocycles. The Labute approximate surface area is 105 Å². The van der Waals surface area contributed by atoms with Gasteiger partial charge in [-0.2, -0.15) is 0 Å². The molecule has 0 bridgehead atoms. The second kappa shape index (κ2) is 4.87. The lowest BCUT2D eigenvalue weighted by Crippen LogP contribution is -2.15. The summed E-state index contributed by atoms with van der Waals surface area (Å²) in [6.45, 7) is 1.61. The van der Waals surface area contributed by atoms with Crippen molar-refractivity contribution in [3.63, 3.8) is 0 Å². The van der Waals surface area contributed by atoms with Crippen molar-refractivity contribution in [1.82, 2.24) is 15.2 Å². The Morgan fingerprint density at radius 1 is 1.17 bits per heavy atom. The minimum Gasteiger partial charge on any atom is -0.378 e. The van der Waals surface area contributed by atoms with Crippen molar-refractivity contribution in [2.45, 2.75) is 6.92 Å². The zero-order valence-corrected chi connectivity index (χ0v) is 10.6. The van der Waals surface area contributed by atoms with Gasteiger partial charge in [-0.05, 0) is 31.2 Å². The lowest BCUT2D eigenvalue weighted by molar-refractivity contribution is 0.908. The number of aryl methyl sites for hydroxylation is 1. The van der Waals surface area contributed by atoms with Crippen molar-refractivity contribution in [3.05, 3.63) is 40.3 Å². The van der Waals surface area contributed by atoms with E-state index in [9.17, 15) is 4.79 Å². The molecule has 2 N–H and O–H groups in total. The average molecular weight is 245 g/mol. The molecule has 0 aliphatic rings. The molecule has 0 atom stereocenters. The van der Waals surface area contributed by atoms with Crippen molar-refractivity contribution in [1.29, 1.82) is 0 Å². The molecule has 0 radical (unpaired) electrons. The third-order valence-corrected chi connectivity index (χ3v) is 2.51. The van der Waals surface area contributed by atoms with Crippen LogP contribution < -0.4 is 15.8 Å². The first-order valence-corrected chi connectivity index (χ1v) is 5.54. The summed E-state index contributed by atoms with van der Waals surface area (Å²) in [6, 6.07) is 7.77. The zero-order chi connectivity index (χ0) is 13.1. The van der Waals surface area contributed by atoms with Gasteiger partial charge in [-0.25, -0.2) is 0 Å². The summed E-state index contributed by atoms with van der Waals surface area (Å²) in [6.07, 6.45) is 0. The molecule has 1 aromatic heterocycles. The van der Waals surface area contributed by atoms with E-state index in [4.69, 9.17) is 0 Å². The molecule has 2 aromatic rings. The van der Waals surface area contributed by atoms with Crippen molar-refractivity contribution >= 4 is 17.3 Å². The second-order valence-corrected chi connectivity index (χ2v) is 4.15. The van der Waals surface area contributed by atoms with Gasteiger partial charge in [0.25, 0.3) is 5.56 Å². The van der Waals surface area contributed by atoms with Crippen LogP contribution in [0.2, 0.25) is 0 Å². The SMILES string of the molecule is Cc1nnc(Nc2ccc(N(C)C)cc2)[nH]c1=O. The minimum atomic E-state index is -0.239. The van der Waals surface area contributed by atoms with Gasteiger partial charge in [-0.1, -0.05) is 0 Å². The van der Waals surface area contributed by atoms with Gasteiger partial charge in [-0.15, -0.1) is 10.2 Å². The summed E-state index contributed by atoms with van der Waals surface area (Å²) in [5, 5.41) is 10.6. The van der Waals surface area contributed by atoms with Crippen LogP contribution in [0.4, 0.5) is 17.3 Å². The quantitative estimate of drug-likeness (QED) is 0.852. The number of nitrogens with one attached hydrogen (secondary N) is 2. The molecule has 2 rings (SSSR count). The number of aromatic nitrogens is 3. The van der Waals surface area contributed by atoms with Crippen LogP contribution in [0, 0.1) is 6.92 Å². The highest BCUT2D eigenvalue weighted by atomic mass is 16.1. The van der Waals surface area contributed by atoms with E-state index in [2.05, 4.69) is 20.5 Å². The smallest absolute Gasteiger partial charge is 0.273 e. The van der Waals surface area contributed by atoms with Crippen molar-refractivity contribution in [2.75, 3.05) is 24.3 Å². The summed E-state index contributed by atoms with van der Waals surface area (Å²) in [7, 11) is 3.96. The van der Waals surface area contributed by atoms with Gasteiger partial charge in [0, 0.05) is 25.5 Å². The predicted octanol–water partition coefficient (Wildman–Crippen LogP) is 1.28. The Kier molecular flexibility index (Phi) is 3.27. The fourth-order valence-corrected chi connectivity index (χ4v) is 1.43. The number of H-pyrrole nitrogens is 1. The topological polar surface area (TPSA) is 73.9 Å². The molecule has 0 unspecified atom stereocenters. The van der Waals surface area contributed by atoms with E-state index in [0.29, 0.717) is 11.6 Å². The average Bonchev–Trinajstić information content (AvgIpc) is 2.34. The maximum Gasteiger partial charge on any atom is 0.273 e. The first-order chi connectivity index (χ1) is 8.56. The van der Waals surface area contributed by atoms with Crippen LogP contribution in [0.3, 0.4) is 0 Å². The van der Waals surface area contributed by atoms with Crippen LogP contribution in [0.25, 0.3) is 0 Å². The molecule has 18 heavy (non-hydrogen) atoms. The normalized spacial score (nSPS) is 10.2. The predicted molar refractivity (Wildman–Crippen MR) is 71.4 cm³/mol. The van der Waals surface area contributed by atoms with Crippen LogP contribution in [0.15, 0.2) is 29.1 Å². The Hall–Kier alpha value is -2.37.